The number of hydrogen-bond donors (Lipinski definition) is 1. The summed E-state index contributed by atoms with van der Waals surface area (Å²) in [6.45, 7) is 6.66. The molecule has 0 spiro atoms. The first-order chi connectivity index (χ1) is 9.71. The molecule has 0 aliphatic rings. The Hall–Kier alpha value is -1.88. The van der Waals surface area contributed by atoms with Gasteiger partial charge in [-0.05, 0) is 19.9 Å². The number of rotatable bonds is 7. The van der Waals surface area contributed by atoms with E-state index in [-0.39, 0.29) is 0 Å². The number of hydrogen-bond acceptors (Lipinski definition) is 4. The first-order valence-electron chi connectivity index (χ1n) is 6.94. The zero-order valence-electron chi connectivity index (χ0n) is 12.4. The van der Waals surface area contributed by atoms with Crippen molar-refractivity contribution < 1.29 is 4.74 Å². The highest BCUT2D eigenvalue weighted by Crippen LogP contribution is 2.14. The maximum atomic E-state index is 5.27. The molecule has 5 heteroatoms. The van der Waals surface area contributed by atoms with Crippen molar-refractivity contribution in [2.24, 2.45) is 0 Å². The molecule has 0 aromatic carbocycles. The number of aromatic nitrogens is 3. The molecule has 0 amide bonds. The van der Waals surface area contributed by atoms with Gasteiger partial charge >= 0.3 is 0 Å². The van der Waals surface area contributed by atoms with Crippen LogP contribution in [0.5, 0.6) is 5.75 Å². The summed E-state index contributed by atoms with van der Waals surface area (Å²) in [6, 6.07) is 3.89. The Kier molecular flexibility index (Phi) is 5.12. The third kappa shape index (κ3) is 4.06. The Labute approximate surface area is 120 Å². The quantitative estimate of drug-likeness (QED) is 0.786. The van der Waals surface area contributed by atoms with Gasteiger partial charge in [0.05, 0.1) is 31.4 Å². The van der Waals surface area contributed by atoms with E-state index in [1.165, 1.54) is 0 Å². The molecule has 0 bridgehead atoms. The minimum absolute atomic E-state index is 0.707. The molecule has 108 valence electrons. The van der Waals surface area contributed by atoms with E-state index in [4.69, 9.17) is 4.74 Å². The van der Waals surface area contributed by atoms with Crippen LogP contribution in [0.4, 0.5) is 0 Å². The number of aryl methyl sites for hydroxylation is 1. The fourth-order valence-corrected chi connectivity index (χ4v) is 2.07. The van der Waals surface area contributed by atoms with E-state index in [1.54, 1.807) is 7.11 Å². The van der Waals surface area contributed by atoms with Crippen molar-refractivity contribution in [1.82, 2.24) is 19.9 Å². The van der Waals surface area contributed by atoms with Crippen molar-refractivity contribution in [3.8, 4) is 5.75 Å². The van der Waals surface area contributed by atoms with Crippen molar-refractivity contribution in [1.29, 1.82) is 0 Å². The van der Waals surface area contributed by atoms with Crippen LogP contribution in [-0.2, 0) is 13.1 Å². The minimum Gasteiger partial charge on any atom is -0.497 e. The van der Waals surface area contributed by atoms with E-state index in [0.717, 1.165) is 42.3 Å². The Morgan fingerprint density at radius 3 is 2.90 bits per heavy atom. The van der Waals surface area contributed by atoms with E-state index < -0.39 is 0 Å². The molecule has 2 heterocycles. The number of pyridine rings is 1. The van der Waals surface area contributed by atoms with Crippen LogP contribution in [0, 0.1) is 6.92 Å². The first kappa shape index (κ1) is 14.5. The largest absolute Gasteiger partial charge is 0.497 e. The highest BCUT2D eigenvalue weighted by Gasteiger charge is 2.03. The summed E-state index contributed by atoms with van der Waals surface area (Å²) >= 11 is 0. The maximum Gasteiger partial charge on any atom is 0.122 e. The zero-order valence-corrected chi connectivity index (χ0v) is 12.4. The SMILES string of the molecule is CCCNCc1cn(Cc2cc(OC)cc(C)n2)cn1. The van der Waals surface area contributed by atoms with E-state index in [1.807, 2.05) is 30.0 Å². The second-order valence-electron chi connectivity index (χ2n) is 4.85. The molecule has 1 N–H and O–H groups in total. The number of methoxy groups -OCH3 is 1. The Bertz CT molecular complexity index is 551. The van der Waals surface area contributed by atoms with Crippen LogP contribution in [0.15, 0.2) is 24.7 Å². The lowest BCUT2D eigenvalue weighted by Gasteiger charge is -2.06. The molecule has 0 unspecified atom stereocenters. The monoisotopic (exact) mass is 274 g/mol. The summed E-state index contributed by atoms with van der Waals surface area (Å²) in [5, 5.41) is 3.34. The lowest BCUT2D eigenvalue weighted by molar-refractivity contribution is 0.413. The third-order valence-electron chi connectivity index (χ3n) is 2.98. The molecule has 0 aliphatic heterocycles. The van der Waals surface area contributed by atoms with Crippen LogP contribution in [0.2, 0.25) is 0 Å². The summed E-state index contributed by atoms with van der Waals surface area (Å²) < 4.78 is 7.31. The summed E-state index contributed by atoms with van der Waals surface area (Å²) in [6.07, 6.45) is 5.03. The van der Waals surface area contributed by atoms with Crippen molar-refractivity contribution >= 4 is 0 Å². The van der Waals surface area contributed by atoms with E-state index in [0.29, 0.717) is 6.54 Å². The molecule has 2 aromatic rings. The van der Waals surface area contributed by atoms with Crippen LogP contribution in [0.1, 0.15) is 30.4 Å². The lowest BCUT2D eigenvalue weighted by atomic mass is 10.3. The molecule has 0 radical (unpaired) electrons. The van der Waals surface area contributed by atoms with E-state index >= 15 is 0 Å². The van der Waals surface area contributed by atoms with Gasteiger partial charge in [-0.1, -0.05) is 6.92 Å². The van der Waals surface area contributed by atoms with Gasteiger partial charge in [0.25, 0.3) is 0 Å². The van der Waals surface area contributed by atoms with Gasteiger partial charge in [-0.3, -0.25) is 4.98 Å². The van der Waals surface area contributed by atoms with Crippen molar-refractivity contribution in [3.63, 3.8) is 0 Å². The lowest BCUT2D eigenvalue weighted by Crippen LogP contribution is -2.13. The highest BCUT2D eigenvalue weighted by atomic mass is 16.5. The van der Waals surface area contributed by atoms with Crippen molar-refractivity contribution in [3.05, 3.63) is 41.7 Å². The predicted molar refractivity (Wildman–Crippen MR) is 78.9 cm³/mol. The second kappa shape index (κ2) is 7.05. The molecule has 0 saturated carbocycles. The summed E-state index contributed by atoms with van der Waals surface area (Å²) in [7, 11) is 1.67. The molecule has 2 aromatic heterocycles. The van der Waals surface area contributed by atoms with Gasteiger partial charge in [-0.2, -0.15) is 0 Å². The summed E-state index contributed by atoms with van der Waals surface area (Å²) in [5.41, 5.74) is 3.00. The molecular weight excluding hydrogens is 252 g/mol. The zero-order chi connectivity index (χ0) is 14.4. The Morgan fingerprint density at radius 2 is 2.15 bits per heavy atom. The maximum absolute atomic E-state index is 5.27. The van der Waals surface area contributed by atoms with Crippen LogP contribution >= 0.6 is 0 Å². The predicted octanol–water partition coefficient (Wildman–Crippen LogP) is 2.14. The number of imidazole rings is 1. The van der Waals surface area contributed by atoms with Crippen molar-refractivity contribution in [2.75, 3.05) is 13.7 Å². The average molecular weight is 274 g/mol. The normalized spacial score (nSPS) is 10.8. The summed E-state index contributed by atoms with van der Waals surface area (Å²) in [5.74, 6) is 0.845. The molecular formula is C15H22N4O. The highest BCUT2D eigenvalue weighted by molar-refractivity contribution is 5.26. The number of nitrogens with one attached hydrogen (secondary N) is 1. The van der Waals surface area contributed by atoms with Crippen LogP contribution in [-0.4, -0.2) is 28.2 Å². The fourth-order valence-electron chi connectivity index (χ4n) is 2.07. The van der Waals surface area contributed by atoms with Crippen LogP contribution in [0.25, 0.3) is 0 Å². The fraction of sp³-hybridized carbons (Fsp3) is 0.467. The molecule has 0 aliphatic carbocycles. The van der Waals surface area contributed by atoms with Gasteiger partial charge in [0.2, 0.25) is 0 Å². The Morgan fingerprint density at radius 1 is 1.30 bits per heavy atom. The average Bonchev–Trinajstić information content (AvgIpc) is 2.86. The molecule has 2 rings (SSSR count). The van der Waals surface area contributed by atoms with Gasteiger partial charge < -0.3 is 14.6 Å². The molecule has 20 heavy (non-hydrogen) atoms. The van der Waals surface area contributed by atoms with Crippen LogP contribution < -0.4 is 10.1 Å². The molecule has 0 saturated heterocycles. The molecule has 0 atom stereocenters. The van der Waals surface area contributed by atoms with E-state index in [2.05, 4.69) is 28.4 Å². The van der Waals surface area contributed by atoms with Crippen molar-refractivity contribution in [2.45, 2.75) is 33.4 Å². The van der Waals surface area contributed by atoms with Gasteiger partial charge in [0.15, 0.2) is 0 Å². The van der Waals surface area contributed by atoms with Gasteiger partial charge in [0, 0.05) is 30.6 Å². The minimum atomic E-state index is 0.707. The molecule has 0 fully saturated rings. The second-order valence-corrected chi connectivity index (χ2v) is 4.85. The Balaban J connectivity index is 2.01. The third-order valence-corrected chi connectivity index (χ3v) is 2.98. The van der Waals surface area contributed by atoms with Gasteiger partial charge in [0.1, 0.15) is 5.75 Å². The first-order valence-corrected chi connectivity index (χ1v) is 6.94. The standard InChI is InChI=1S/C15H22N4O/c1-4-5-16-8-14-10-19(11-17-14)9-13-7-15(20-3)6-12(2)18-13/h6-7,10-11,16H,4-5,8-9H2,1-3H3. The van der Waals surface area contributed by atoms with Gasteiger partial charge in [-0.15, -0.1) is 0 Å². The topological polar surface area (TPSA) is 52.0 Å². The smallest absolute Gasteiger partial charge is 0.122 e. The summed E-state index contributed by atoms with van der Waals surface area (Å²) in [4.78, 5) is 8.91. The van der Waals surface area contributed by atoms with Crippen LogP contribution in [0.3, 0.4) is 0 Å². The molecule has 5 nitrogen and oxygen atoms in total. The number of ether oxygens (including phenoxy) is 1. The van der Waals surface area contributed by atoms with E-state index in [9.17, 15) is 0 Å². The van der Waals surface area contributed by atoms with Gasteiger partial charge in [-0.25, -0.2) is 4.98 Å². The number of nitrogens with zero attached hydrogens (tertiary/aromatic N) is 3.